The second-order valence-electron chi connectivity index (χ2n) is 4.92. The number of fused-ring (bicyclic) bond motifs is 1. The van der Waals surface area contributed by atoms with Crippen LogP contribution in [-0.2, 0) is 6.54 Å². The Hall–Kier alpha value is -3.36. The van der Waals surface area contributed by atoms with Gasteiger partial charge in [0, 0.05) is 6.92 Å². The molecule has 9 heteroatoms. The monoisotopic (exact) mass is 309 g/mol. The molecular formula is C14H11N7O2. The predicted octanol–water partition coefficient (Wildman–Crippen LogP) is 0.717. The van der Waals surface area contributed by atoms with Crippen LogP contribution in [-0.4, -0.2) is 34.7 Å². The third-order valence-electron chi connectivity index (χ3n) is 3.31. The highest BCUT2D eigenvalue weighted by molar-refractivity contribution is 5.70. The Bertz CT molecular complexity index is 1030. The van der Waals surface area contributed by atoms with Crippen LogP contribution in [0, 0.1) is 6.92 Å². The van der Waals surface area contributed by atoms with Crippen molar-refractivity contribution in [3.05, 3.63) is 58.7 Å². The minimum Gasteiger partial charge on any atom is -0.340 e. The van der Waals surface area contributed by atoms with Crippen LogP contribution in [0.4, 0.5) is 0 Å². The molecule has 0 radical (unpaired) electrons. The molecule has 3 heterocycles. The number of aromatic nitrogens is 7. The van der Waals surface area contributed by atoms with E-state index in [4.69, 9.17) is 4.52 Å². The number of rotatable bonds is 3. The third-order valence-corrected chi connectivity index (χ3v) is 3.31. The second kappa shape index (κ2) is 5.13. The van der Waals surface area contributed by atoms with E-state index < -0.39 is 0 Å². The van der Waals surface area contributed by atoms with Gasteiger partial charge in [0.2, 0.25) is 5.89 Å². The summed E-state index contributed by atoms with van der Waals surface area (Å²) >= 11 is 0. The van der Waals surface area contributed by atoms with Crippen LogP contribution in [0.3, 0.4) is 0 Å². The molecule has 23 heavy (non-hydrogen) atoms. The highest BCUT2D eigenvalue weighted by Gasteiger charge is 2.14. The fraction of sp³-hybridized carbons (Fsp3) is 0.143. The first-order chi connectivity index (χ1) is 11.2. The van der Waals surface area contributed by atoms with Gasteiger partial charge in [-0.3, -0.25) is 9.36 Å². The SMILES string of the molecule is Cc1nc(Cn2cnc3c(nnn3-c3ccccc3)c2=O)no1. The summed E-state index contributed by atoms with van der Waals surface area (Å²) in [6, 6.07) is 9.38. The molecule has 4 aromatic rings. The van der Waals surface area contributed by atoms with E-state index in [1.54, 1.807) is 6.92 Å². The Labute approximate surface area is 129 Å². The molecule has 114 valence electrons. The van der Waals surface area contributed by atoms with E-state index >= 15 is 0 Å². The lowest BCUT2D eigenvalue weighted by molar-refractivity contribution is 0.386. The minimum absolute atomic E-state index is 0.164. The maximum absolute atomic E-state index is 12.5. The first kappa shape index (κ1) is 13.3. The lowest BCUT2D eigenvalue weighted by Crippen LogP contribution is -2.22. The zero-order valence-corrected chi connectivity index (χ0v) is 12.1. The predicted molar refractivity (Wildman–Crippen MR) is 79.1 cm³/mol. The fourth-order valence-electron chi connectivity index (χ4n) is 2.26. The quantitative estimate of drug-likeness (QED) is 0.549. The number of hydrogen-bond acceptors (Lipinski definition) is 7. The van der Waals surface area contributed by atoms with Gasteiger partial charge in [0.1, 0.15) is 6.33 Å². The Morgan fingerprint density at radius 1 is 1.22 bits per heavy atom. The van der Waals surface area contributed by atoms with Crippen molar-refractivity contribution in [2.75, 3.05) is 0 Å². The summed E-state index contributed by atoms with van der Waals surface area (Å²) in [6.07, 6.45) is 1.43. The van der Waals surface area contributed by atoms with Crippen LogP contribution < -0.4 is 5.56 Å². The summed E-state index contributed by atoms with van der Waals surface area (Å²) in [4.78, 5) is 20.9. The van der Waals surface area contributed by atoms with Gasteiger partial charge in [0.05, 0.1) is 12.2 Å². The van der Waals surface area contributed by atoms with E-state index in [9.17, 15) is 4.79 Å². The average Bonchev–Trinajstić information content (AvgIpc) is 3.17. The van der Waals surface area contributed by atoms with Gasteiger partial charge in [0.25, 0.3) is 5.56 Å². The summed E-state index contributed by atoms with van der Waals surface area (Å²) < 4.78 is 7.80. The standard InChI is InChI=1S/C14H11N7O2/c1-9-16-11(18-23-9)7-20-8-15-13-12(14(20)22)17-19-21(13)10-5-3-2-4-6-10/h2-6,8H,7H2,1H3. The number of aryl methyl sites for hydroxylation is 1. The fourth-order valence-corrected chi connectivity index (χ4v) is 2.26. The Morgan fingerprint density at radius 2 is 2.04 bits per heavy atom. The second-order valence-corrected chi connectivity index (χ2v) is 4.92. The van der Waals surface area contributed by atoms with Crippen molar-refractivity contribution in [2.45, 2.75) is 13.5 Å². The van der Waals surface area contributed by atoms with E-state index in [0.717, 1.165) is 5.69 Å². The van der Waals surface area contributed by atoms with Crippen LogP contribution in [0.2, 0.25) is 0 Å². The third kappa shape index (κ3) is 2.27. The van der Waals surface area contributed by atoms with Gasteiger partial charge < -0.3 is 4.52 Å². The Balaban J connectivity index is 1.79. The summed E-state index contributed by atoms with van der Waals surface area (Å²) in [5.74, 6) is 0.846. The lowest BCUT2D eigenvalue weighted by Gasteiger charge is -2.02. The summed E-state index contributed by atoms with van der Waals surface area (Å²) in [5.41, 5.74) is 1.08. The van der Waals surface area contributed by atoms with Crippen LogP contribution >= 0.6 is 0 Å². The van der Waals surface area contributed by atoms with Crippen LogP contribution in [0.25, 0.3) is 16.9 Å². The largest absolute Gasteiger partial charge is 0.340 e. The summed E-state index contributed by atoms with van der Waals surface area (Å²) in [5, 5.41) is 11.7. The normalized spacial score (nSPS) is 11.2. The molecule has 1 aromatic carbocycles. The van der Waals surface area contributed by atoms with Gasteiger partial charge in [0.15, 0.2) is 17.0 Å². The Kier molecular flexibility index (Phi) is 2.97. The van der Waals surface area contributed by atoms with Crippen molar-refractivity contribution in [1.29, 1.82) is 0 Å². The molecule has 0 bridgehead atoms. The molecular weight excluding hydrogens is 298 g/mol. The summed E-state index contributed by atoms with van der Waals surface area (Å²) in [7, 11) is 0. The van der Waals surface area contributed by atoms with Crippen molar-refractivity contribution in [3.8, 4) is 5.69 Å². The van der Waals surface area contributed by atoms with Gasteiger partial charge in [-0.25, -0.2) is 4.98 Å². The molecule has 0 aliphatic heterocycles. The van der Waals surface area contributed by atoms with Crippen molar-refractivity contribution < 1.29 is 4.52 Å². The topological polar surface area (TPSA) is 105 Å². The zero-order valence-electron chi connectivity index (χ0n) is 12.1. The molecule has 0 aliphatic rings. The van der Waals surface area contributed by atoms with E-state index in [2.05, 4.69) is 25.4 Å². The number of hydrogen-bond donors (Lipinski definition) is 0. The first-order valence-corrected chi connectivity index (χ1v) is 6.88. The molecule has 0 amide bonds. The van der Waals surface area contributed by atoms with Gasteiger partial charge in [-0.15, -0.1) is 5.10 Å². The maximum Gasteiger partial charge on any atom is 0.283 e. The van der Waals surface area contributed by atoms with Crippen molar-refractivity contribution in [2.24, 2.45) is 0 Å². The van der Waals surface area contributed by atoms with Crippen molar-refractivity contribution >= 4 is 11.2 Å². The maximum atomic E-state index is 12.5. The molecule has 0 N–H and O–H groups in total. The smallest absolute Gasteiger partial charge is 0.283 e. The number of nitrogens with zero attached hydrogens (tertiary/aromatic N) is 7. The van der Waals surface area contributed by atoms with Crippen LogP contribution in [0.15, 0.2) is 46.0 Å². The van der Waals surface area contributed by atoms with Crippen LogP contribution in [0.1, 0.15) is 11.7 Å². The molecule has 0 saturated carbocycles. The molecule has 0 saturated heterocycles. The molecule has 9 nitrogen and oxygen atoms in total. The van der Waals surface area contributed by atoms with E-state index in [1.807, 2.05) is 30.3 Å². The average molecular weight is 309 g/mol. The molecule has 4 rings (SSSR count). The highest BCUT2D eigenvalue weighted by atomic mass is 16.5. The number of para-hydroxylation sites is 1. The van der Waals surface area contributed by atoms with E-state index in [1.165, 1.54) is 15.6 Å². The van der Waals surface area contributed by atoms with Gasteiger partial charge in [-0.1, -0.05) is 28.6 Å². The molecule has 0 spiro atoms. The number of benzene rings is 1. The van der Waals surface area contributed by atoms with Crippen molar-refractivity contribution in [3.63, 3.8) is 0 Å². The van der Waals surface area contributed by atoms with Crippen LogP contribution in [0.5, 0.6) is 0 Å². The van der Waals surface area contributed by atoms with Crippen molar-refractivity contribution in [1.82, 2.24) is 34.7 Å². The van der Waals surface area contributed by atoms with Gasteiger partial charge in [-0.05, 0) is 12.1 Å². The molecule has 0 aliphatic carbocycles. The minimum atomic E-state index is -0.306. The first-order valence-electron chi connectivity index (χ1n) is 6.88. The molecule has 0 fully saturated rings. The zero-order chi connectivity index (χ0) is 15.8. The summed E-state index contributed by atoms with van der Waals surface area (Å²) in [6.45, 7) is 1.85. The van der Waals surface area contributed by atoms with E-state index in [-0.39, 0.29) is 17.6 Å². The van der Waals surface area contributed by atoms with Gasteiger partial charge >= 0.3 is 0 Å². The molecule has 0 unspecified atom stereocenters. The highest BCUT2D eigenvalue weighted by Crippen LogP contribution is 2.11. The van der Waals surface area contributed by atoms with Gasteiger partial charge in [-0.2, -0.15) is 9.67 Å². The molecule has 3 aromatic heterocycles. The lowest BCUT2D eigenvalue weighted by atomic mass is 10.3. The molecule has 0 atom stereocenters. The Morgan fingerprint density at radius 3 is 2.78 bits per heavy atom. The van der Waals surface area contributed by atoms with E-state index in [0.29, 0.717) is 17.4 Å².